The first-order chi connectivity index (χ1) is 19.5. The maximum Gasteiger partial charge on any atom is 0.492 e. The predicted molar refractivity (Wildman–Crippen MR) is 154 cm³/mol. The van der Waals surface area contributed by atoms with Crippen LogP contribution in [0.2, 0.25) is 0 Å². The standard InChI is InChI=1S/C29H28BN5O4S/c1-4-31-26(36)15-23-29-34-33-17(2)35(29)24-13-10-20(38-3)14-22(24)28(32-23)18-8-11-21(12-9-18)40-25-7-5-6-19-16-39-30(37)27(19)25/h5-14,23,37H,4,15-16H2,1-3H3,(H,31,36)/t23-/m0/s1. The van der Waals surface area contributed by atoms with E-state index in [4.69, 9.17) is 14.4 Å². The maximum atomic E-state index is 12.7. The molecule has 0 radical (unpaired) electrons. The number of ether oxygens (including phenoxy) is 1. The number of amides is 1. The summed E-state index contributed by atoms with van der Waals surface area (Å²) in [6.45, 7) is 4.74. The molecule has 202 valence electrons. The first-order valence-corrected chi connectivity index (χ1v) is 13.9. The van der Waals surface area contributed by atoms with Crippen molar-refractivity contribution >= 4 is 36.0 Å². The molecule has 0 spiro atoms. The zero-order valence-electron chi connectivity index (χ0n) is 22.4. The van der Waals surface area contributed by atoms with Gasteiger partial charge >= 0.3 is 7.12 Å². The largest absolute Gasteiger partial charge is 0.497 e. The fourth-order valence-corrected chi connectivity index (χ4v) is 6.17. The highest BCUT2D eigenvalue weighted by molar-refractivity contribution is 7.99. The molecule has 1 aromatic heterocycles. The van der Waals surface area contributed by atoms with Crippen LogP contribution < -0.4 is 15.5 Å². The molecule has 1 amide bonds. The predicted octanol–water partition coefficient (Wildman–Crippen LogP) is 3.37. The molecule has 0 aliphatic carbocycles. The van der Waals surface area contributed by atoms with E-state index in [1.54, 1.807) is 18.9 Å². The Balaban J connectivity index is 1.41. The van der Waals surface area contributed by atoms with Gasteiger partial charge in [-0.1, -0.05) is 36.0 Å². The SMILES string of the molecule is CCNC(=O)C[C@@H]1N=C(c2ccc(Sc3cccc4c3B(O)OC4)cc2)c2cc(OC)ccc2-n2c(C)nnc21. The molecular formula is C29H28BN5O4S. The summed E-state index contributed by atoms with van der Waals surface area (Å²) in [5.41, 5.74) is 5.23. The van der Waals surface area contributed by atoms with E-state index < -0.39 is 13.2 Å². The molecule has 9 nitrogen and oxygen atoms in total. The number of hydrogen-bond donors (Lipinski definition) is 2. The number of aromatic nitrogens is 3. The smallest absolute Gasteiger partial charge is 0.492 e. The molecule has 0 fully saturated rings. The van der Waals surface area contributed by atoms with Crippen molar-refractivity contribution in [3.05, 3.63) is 89.0 Å². The van der Waals surface area contributed by atoms with Crippen LogP contribution in [-0.2, 0) is 16.1 Å². The third kappa shape index (κ3) is 4.81. The number of hydrogen-bond acceptors (Lipinski definition) is 8. The van der Waals surface area contributed by atoms with Crippen molar-refractivity contribution in [1.29, 1.82) is 0 Å². The molecule has 2 aliphatic heterocycles. The van der Waals surface area contributed by atoms with Gasteiger partial charge in [-0.2, -0.15) is 0 Å². The van der Waals surface area contributed by atoms with E-state index in [1.807, 2.05) is 79.1 Å². The Kier molecular flexibility index (Phi) is 7.18. The van der Waals surface area contributed by atoms with Gasteiger partial charge in [-0.25, -0.2) is 0 Å². The molecule has 0 saturated heterocycles. The second-order valence-electron chi connectivity index (χ2n) is 9.59. The topological polar surface area (TPSA) is 111 Å². The Morgan fingerprint density at radius 2 is 2.02 bits per heavy atom. The van der Waals surface area contributed by atoms with E-state index >= 15 is 0 Å². The molecule has 6 rings (SSSR count). The summed E-state index contributed by atoms with van der Waals surface area (Å²) in [6, 6.07) is 19.4. The summed E-state index contributed by atoms with van der Waals surface area (Å²) in [4.78, 5) is 19.8. The number of carbonyl (C=O) groups excluding carboxylic acids is 1. The minimum Gasteiger partial charge on any atom is -0.497 e. The molecule has 0 bridgehead atoms. The minimum atomic E-state index is -0.906. The molecule has 40 heavy (non-hydrogen) atoms. The second kappa shape index (κ2) is 10.9. The van der Waals surface area contributed by atoms with E-state index in [0.29, 0.717) is 30.5 Å². The molecule has 11 heteroatoms. The van der Waals surface area contributed by atoms with Crippen molar-refractivity contribution in [2.45, 2.75) is 42.7 Å². The quantitative estimate of drug-likeness (QED) is 0.338. The highest BCUT2D eigenvalue weighted by Crippen LogP contribution is 2.35. The monoisotopic (exact) mass is 553 g/mol. The van der Waals surface area contributed by atoms with Crippen LogP contribution in [0.5, 0.6) is 5.75 Å². The molecule has 1 atom stereocenters. The van der Waals surface area contributed by atoms with Crippen LogP contribution in [0.1, 0.15) is 47.7 Å². The van der Waals surface area contributed by atoms with Crippen molar-refractivity contribution in [3.63, 3.8) is 0 Å². The summed E-state index contributed by atoms with van der Waals surface area (Å²) in [5, 5.41) is 21.9. The number of fused-ring (bicyclic) bond motifs is 4. The summed E-state index contributed by atoms with van der Waals surface area (Å²) in [5.74, 6) is 1.94. The summed E-state index contributed by atoms with van der Waals surface area (Å²) >= 11 is 1.58. The number of carbonyl (C=O) groups is 1. The van der Waals surface area contributed by atoms with E-state index in [9.17, 15) is 9.82 Å². The lowest BCUT2D eigenvalue weighted by atomic mass is 9.79. The van der Waals surface area contributed by atoms with Crippen LogP contribution in [0, 0.1) is 6.92 Å². The van der Waals surface area contributed by atoms with Crippen LogP contribution in [0.4, 0.5) is 0 Å². The van der Waals surface area contributed by atoms with Crippen molar-refractivity contribution in [2.75, 3.05) is 13.7 Å². The van der Waals surface area contributed by atoms with Crippen LogP contribution in [0.15, 0.2) is 75.4 Å². The number of benzene rings is 3. The van der Waals surface area contributed by atoms with Gasteiger partial charge in [-0.05, 0) is 55.8 Å². The lowest BCUT2D eigenvalue weighted by Gasteiger charge is -2.14. The van der Waals surface area contributed by atoms with Crippen LogP contribution >= 0.6 is 11.8 Å². The maximum absolute atomic E-state index is 12.7. The third-order valence-corrected chi connectivity index (χ3v) is 8.12. The van der Waals surface area contributed by atoms with E-state index in [2.05, 4.69) is 15.5 Å². The molecular weight excluding hydrogens is 525 g/mol. The summed E-state index contributed by atoms with van der Waals surface area (Å²) < 4.78 is 13.0. The van der Waals surface area contributed by atoms with Gasteiger partial charge in [0.15, 0.2) is 5.82 Å². The number of aliphatic imine (C=N–C) groups is 1. The van der Waals surface area contributed by atoms with Crippen molar-refractivity contribution in [2.24, 2.45) is 4.99 Å². The Morgan fingerprint density at radius 3 is 2.80 bits per heavy atom. The van der Waals surface area contributed by atoms with Gasteiger partial charge in [0.05, 0.1) is 31.5 Å². The fraction of sp³-hybridized carbons (Fsp3) is 0.241. The molecule has 4 aromatic rings. The van der Waals surface area contributed by atoms with Crippen LogP contribution in [0.25, 0.3) is 5.69 Å². The molecule has 2 aliphatic rings. The average Bonchev–Trinajstić information content (AvgIpc) is 3.50. The molecule has 3 aromatic carbocycles. The summed E-state index contributed by atoms with van der Waals surface area (Å²) in [7, 11) is 0.729. The highest BCUT2D eigenvalue weighted by atomic mass is 32.2. The zero-order valence-corrected chi connectivity index (χ0v) is 23.2. The minimum absolute atomic E-state index is 0.0975. The fourth-order valence-electron chi connectivity index (χ4n) is 5.16. The van der Waals surface area contributed by atoms with Crippen molar-refractivity contribution < 1.29 is 19.2 Å². The first kappa shape index (κ1) is 26.3. The lowest BCUT2D eigenvalue weighted by Crippen LogP contribution is -2.29. The van der Waals surface area contributed by atoms with E-state index in [0.717, 1.165) is 43.3 Å². The first-order valence-electron chi connectivity index (χ1n) is 13.1. The molecule has 2 N–H and O–H groups in total. The molecule has 0 unspecified atom stereocenters. The van der Waals surface area contributed by atoms with Crippen molar-refractivity contribution in [3.8, 4) is 11.4 Å². The van der Waals surface area contributed by atoms with E-state index in [-0.39, 0.29) is 12.3 Å². The number of nitrogens with zero attached hydrogens (tertiary/aromatic N) is 4. The zero-order chi connectivity index (χ0) is 27.8. The Morgan fingerprint density at radius 1 is 1.20 bits per heavy atom. The van der Waals surface area contributed by atoms with Gasteiger partial charge in [0, 0.05) is 32.9 Å². The molecule has 3 heterocycles. The number of nitrogens with one attached hydrogen (secondary N) is 1. The van der Waals surface area contributed by atoms with Crippen molar-refractivity contribution in [1.82, 2.24) is 20.1 Å². The molecule has 0 saturated carbocycles. The lowest BCUT2D eigenvalue weighted by molar-refractivity contribution is -0.121. The van der Waals surface area contributed by atoms with Gasteiger partial charge in [-0.3, -0.25) is 14.4 Å². The van der Waals surface area contributed by atoms with Gasteiger partial charge in [0.25, 0.3) is 0 Å². The summed E-state index contributed by atoms with van der Waals surface area (Å²) in [6.07, 6.45) is 0.151. The van der Waals surface area contributed by atoms with Gasteiger partial charge in [-0.15, -0.1) is 10.2 Å². The Hall–Kier alpha value is -3.93. The van der Waals surface area contributed by atoms with Gasteiger partial charge < -0.3 is 19.7 Å². The second-order valence-corrected chi connectivity index (χ2v) is 10.7. The van der Waals surface area contributed by atoms with Gasteiger partial charge in [0.1, 0.15) is 17.6 Å². The average molecular weight is 553 g/mol. The van der Waals surface area contributed by atoms with Crippen LogP contribution in [0.3, 0.4) is 0 Å². The van der Waals surface area contributed by atoms with E-state index in [1.165, 1.54) is 0 Å². The number of methoxy groups -OCH3 is 1. The van der Waals surface area contributed by atoms with Crippen LogP contribution in [-0.4, -0.2) is 52.2 Å². The third-order valence-electron chi connectivity index (χ3n) is 7.04. The Bertz CT molecular complexity index is 1620. The highest BCUT2D eigenvalue weighted by Gasteiger charge is 2.31. The normalized spacial score (nSPS) is 15.6. The number of rotatable bonds is 7. The van der Waals surface area contributed by atoms with Gasteiger partial charge in [0.2, 0.25) is 5.91 Å². The Labute approximate surface area is 236 Å². The number of aryl methyl sites for hydroxylation is 1.